The molecule has 2 atom stereocenters. The Morgan fingerprint density at radius 3 is 2.65 bits per heavy atom. The van der Waals surface area contributed by atoms with Crippen LogP contribution >= 0.6 is 0 Å². The van der Waals surface area contributed by atoms with Crippen LogP contribution in [0.3, 0.4) is 0 Å². The highest BCUT2D eigenvalue weighted by Gasteiger charge is 2.38. The molecule has 1 saturated heterocycles. The molecule has 2 unspecified atom stereocenters. The van der Waals surface area contributed by atoms with Crippen molar-refractivity contribution in [3.63, 3.8) is 0 Å². The minimum Gasteiger partial charge on any atom is -0.384 e. The number of amides is 1. The summed E-state index contributed by atoms with van der Waals surface area (Å²) < 4.78 is 0. The molecule has 2 aliphatic rings. The standard InChI is InChI=1S/C17H24N2O/c1-2-10-18-16-9-4-3-8-15(16)17(20)19-11-13-6-5-7-14(13)12-19/h3-4,8-9,13-14,18H,2,5-7,10-12H2,1H3. The Hall–Kier alpha value is -1.51. The summed E-state index contributed by atoms with van der Waals surface area (Å²) in [4.78, 5) is 14.8. The number of likely N-dealkylation sites (tertiary alicyclic amines) is 1. The van der Waals surface area contributed by atoms with Gasteiger partial charge in [0.2, 0.25) is 0 Å². The minimum absolute atomic E-state index is 0.207. The molecule has 20 heavy (non-hydrogen) atoms. The van der Waals surface area contributed by atoms with E-state index in [0.717, 1.165) is 49.1 Å². The summed E-state index contributed by atoms with van der Waals surface area (Å²) in [6.07, 6.45) is 5.04. The number of carbonyl (C=O) groups excluding carboxylic acids is 1. The predicted molar refractivity (Wildman–Crippen MR) is 82.0 cm³/mol. The zero-order valence-corrected chi connectivity index (χ0v) is 12.3. The first-order chi connectivity index (χ1) is 9.79. The molecule has 1 aliphatic carbocycles. The fraction of sp³-hybridized carbons (Fsp3) is 0.588. The number of para-hydroxylation sites is 1. The van der Waals surface area contributed by atoms with Gasteiger partial charge in [0.15, 0.2) is 0 Å². The van der Waals surface area contributed by atoms with Crippen molar-refractivity contribution >= 4 is 11.6 Å². The molecule has 3 rings (SSSR count). The van der Waals surface area contributed by atoms with Crippen LogP contribution in [-0.4, -0.2) is 30.4 Å². The lowest BCUT2D eigenvalue weighted by Crippen LogP contribution is -2.30. The van der Waals surface area contributed by atoms with E-state index in [9.17, 15) is 4.79 Å². The van der Waals surface area contributed by atoms with Gasteiger partial charge in [0.1, 0.15) is 0 Å². The van der Waals surface area contributed by atoms with Crippen LogP contribution < -0.4 is 5.32 Å². The van der Waals surface area contributed by atoms with Crippen molar-refractivity contribution in [2.75, 3.05) is 25.0 Å². The monoisotopic (exact) mass is 272 g/mol. The Bertz CT molecular complexity index is 474. The Morgan fingerprint density at radius 1 is 1.25 bits per heavy atom. The zero-order chi connectivity index (χ0) is 13.9. The van der Waals surface area contributed by atoms with Gasteiger partial charge in [0, 0.05) is 25.3 Å². The number of carbonyl (C=O) groups is 1. The lowest BCUT2D eigenvalue weighted by atomic mass is 10.0. The molecular weight excluding hydrogens is 248 g/mol. The Balaban J connectivity index is 1.74. The number of anilines is 1. The number of hydrogen-bond donors (Lipinski definition) is 1. The van der Waals surface area contributed by atoms with Crippen molar-refractivity contribution in [1.82, 2.24) is 4.90 Å². The topological polar surface area (TPSA) is 32.3 Å². The number of rotatable bonds is 4. The number of nitrogens with one attached hydrogen (secondary N) is 1. The number of benzene rings is 1. The van der Waals surface area contributed by atoms with Gasteiger partial charge >= 0.3 is 0 Å². The maximum atomic E-state index is 12.7. The van der Waals surface area contributed by atoms with Gasteiger partial charge in [-0.15, -0.1) is 0 Å². The SMILES string of the molecule is CCCNc1ccccc1C(=O)N1CC2CCCC2C1. The molecule has 1 aliphatic heterocycles. The lowest BCUT2D eigenvalue weighted by molar-refractivity contribution is 0.0781. The summed E-state index contributed by atoms with van der Waals surface area (Å²) in [5.41, 5.74) is 1.82. The first-order valence-corrected chi connectivity index (χ1v) is 7.91. The second kappa shape index (κ2) is 5.86. The van der Waals surface area contributed by atoms with Crippen molar-refractivity contribution in [2.24, 2.45) is 11.8 Å². The maximum absolute atomic E-state index is 12.7. The highest BCUT2D eigenvalue weighted by Crippen LogP contribution is 2.38. The van der Waals surface area contributed by atoms with Gasteiger partial charge in [0.25, 0.3) is 5.91 Å². The smallest absolute Gasteiger partial charge is 0.255 e. The molecule has 2 fully saturated rings. The predicted octanol–water partition coefficient (Wildman–Crippen LogP) is 3.38. The number of hydrogen-bond acceptors (Lipinski definition) is 2. The van der Waals surface area contributed by atoms with Gasteiger partial charge in [-0.1, -0.05) is 25.5 Å². The van der Waals surface area contributed by atoms with Crippen molar-refractivity contribution in [3.05, 3.63) is 29.8 Å². The molecule has 1 amide bonds. The van der Waals surface area contributed by atoms with Gasteiger partial charge in [-0.3, -0.25) is 4.79 Å². The van der Waals surface area contributed by atoms with Crippen LogP contribution in [0.4, 0.5) is 5.69 Å². The van der Waals surface area contributed by atoms with Gasteiger partial charge in [-0.05, 0) is 43.2 Å². The Labute approximate surface area is 121 Å². The van der Waals surface area contributed by atoms with E-state index in [0.29, 0.717) is 0 Å². The van der Waals surface area contributed by atoms with Crippen LogP contribution in [0.2, 0.25) is 0 Å². The normalized spacial score (nSPS) is 24.8. The van der Waals surface area contributed by atoms with E-state index >= 15 is 0 Å². The van der Waals surface area contributed by atoms with Crippen molar-refractivity contribution in [1.29, 1.82) is 0 Å². The van der Waals surface area contributed by atoms with E-state index in [2.05, 4.69) is 17.1 Å². The summed E-state index contributed by atoms with van der Waals surface area (Å²) in [5.74, 6) is 1.73. The van der Waals surface area contributed by atoms with E-state index in [4.69, 9.17) is 0 Å². The fourth-order valence-corrected chi connectivity index (χ4v) is 3.65. The molecule has 1 N–H and O–H groups in total. The summed E-state index contributed by atoms with van der Waals surface area (Å²) in [6.45, 7) is 4.98. The van der Waals surface area contributed by atoms with Gasteiger partial charge in [0.05, 0.1) is 5.56 Å². The molecule has 1 heterocycles. The quantitative estimate of drug-likeness (QED) is 0.911. The summed E-state index contributed by atoms with van der Waals surface area (Å²) in [6, 6.07) is 7.92. The second-order valence-corrected chi connectivity index (χ2v) is 6.13. The van der Waals surface area contributed by atoms with Crippen LogP contribution in [0, 0.1) is 11.8 Å². The third-order valence-corrected chi connectivity index (χ3v) is 4.74. The molecule has 0 aromatic heterocycles. The number of fused-ring (bicyclic) bond motifs is 1. The van der Waals surface area contributed by atoms with Crippen LogP contribution in [0.15, 0.2) is 24.3 Å². The molecule has 0 bridgehead atoms. The van der Waals surface area contributed by atoms with E-state index in [-0.39, 0.29) is 5.91 Å². The molecule has 1 aromatic carbocycles. The lowest BCUT2D eigenvalue weighted by Gasteiger charge is -2.19. The van der Waals surface area contributed by atoms with Crippen molar-refractivity contribution < 1.29 is 4.79 Å². The number of nitrogens with zero attached hydrogens (tertiary/aromatic N) is 1. The molecule has 3 nitrogen and oxygen atoms in total. The zero-order valence-electron chi connectivity index (χ0n) is 12.3. The average molecular weight is 272 g/mol. The minimum atomic E-state index is 0.207. The van der Waals surface area contributed by atoms with Gasteiger partial charge < -0.3 is 10.2 Å². The summed E-state index contributed by atoms with van der Waals surface area (Å²) >= 11 is 0. The maximum Gasteiger partial charge on any atom is 0.255 e. The van der Waals surface area contributed by atoms with Crippen molar-refractivity contribution in [3.8, 4) is 0 Å². The van der Waals surface area contributed by atoms with Crippen LogP contribution in [0.1, 0.15) is 43.0 Å². The van der Waals surface area contributed by atoms with Crippen LogP contribution in [0.25, 0.3) is 0 Å². The third-order valence-electron chi connectivity index (χ3n) is 4.74. The van der Waals surface area contributed by atoms with Gasteiger partial charge in [-0.2, -0.15) is 0 Å². The molecule has 1 aromatic rings. The highest BCUT2D eigenvalue weighted by molar-refractivity contribution is 5.99. The van der Waals surface area contributed by atoms with E-state index in [1.807, 2.05) is 24.3 Å². The van der Waals surface area contributed by atoms with Crippen molar-refractivity contribution in [2.45, 2.75) is 32.6 Å². The third kappa shape index (κ3) is 2.54. The van der Waals surface area contributed by atoms with Crippen LogP contribution in [-0.2, 0) is 0 Å². The average Bonchev–Trinajstić information content (AvgIpc) is 3.06. The second-order valence-electron chi connectivity index (χ2n) is 6.13. The summed E-state index contributed by atoms with van der Waals surface area (Å²) in [7, 11) is 0. The Kier molecular flexibility index (Phi) is 3.95. The van der Waals surface area contributed by atoms with Gasteiger partial charge in [-0.25, -0.2) is 0 Å². The summed E-state index contributed by atoms with van der Waals surface area (Å²) in [5, 5.41) is 3.37. The van der Waals surface area contributed by atoms with E-state index in [1.54, 1.807) is 0 Å². The van der Waals surface area contributed by atoms with E-state index in [1.165, 1.54) is 19.3 Å². The molecular formula is C17H24N2O. The Morgan fingerprint density at radius 2 is 1.95 bits per heavy atom. The van der Waals surface area contributed by atoms with E-state index < -0.39 is 0 Å². The molecule has 1 saturated carbocycles. The fourth-order valence-electron chi connectivity index (χ4n) is 3.65. The largest absolute Gasteiger partial charge is 0.384 e. The highest BCUT2D eigenvalue weighted by atomic mass is 16.2. The first-order valence-electron chi connectivity index (χ1n) is 7.91. The molecule has 108 valence electrons. The first kappa shape index (κ1) is 13.5. The van der Waals surface area contributed by atoms with Crippen LogP contribution in [0.5, 0.6) is 0 Å². The molecule has 0 radical (unpaired) electrons. The molecule has 0 spiro atoms. The molecule has 3 heteroatoms.